The van der Waals surface area contributed by atoms with Crippen molar-refractivity contribution in [3.8, 4) is 0 Å². The number of carboxylic acids is 1. The van der Waals surface area contributed by atoms with Gasteiger partial charge in [-0.15, -0.1) is 0 Å². The molecule has 1 fully saturated rings. The third-order valence-electron chi connectivity index (χ3n) is 2.26. The fourth-order valence-electron chi connectivity index (χ4n) is 1.28. The second-order valence-electron chi connectivity index (χ2n) is 3.11. The van der Waals surface area contributed by atoms with Crippen molar-refractivity contribution >= 4 is 12.1 Å². The van der Waals surface area contributed by atoms with E-state index in [9.17, 15) is 14.7 Å². The highest BCUT2D eigenvalue weighted by atomic mass is 16.4. The van der Waals surface area contributed by atoms with Gasteiger partial charge in [-0.1, -0.05) is 0 Å². The molecule has 0 aliphatic carbocycles. The summed E-state index contributed by atoms with van der Waals surface area (Å²) < 4.78 is 0. The van der Waals surface area contributed by atoms with E-state index in [0.29, 0.717) is 0 Å². The van der Waals surface area contributed by atoms with Crippen molar-refractivity contribution in [2.75, 3.05) is 13.1 Å². The van der Waals surface area contributed by atoms with Crippen molar-refractivity contribution < 1.29 is 24.9 Å². The van der Waals surface area contributed by atoms with Crippen LogP contribution in [0.2, 0.25) is 0 Å². The van der Waals surface area contributed by atoms with Gasteiger partial charge in [-0.25, -0.2) is 9.59 Å². The molecule has 0 aromatic carbocycles. The highest BCUT2D eigenvalue weighted by Crippen LogP contribution is 2.22. The van der Waals surface area contributed by atoms with Crippen LogP contribution < -0.4 is 0 Å². The molecule has 3 N–H and O–H groups in total. The van der Waals surface area contributed by atoms with E-state index in [4.69, 9.17) is 10.2 Å². The van der Waals surface area contributed by atoms with Crippen LogP contribution in [0.25, 0.3) is 0 Å². The van der Waals surface area contributed by atoms with E-state index in [2.05, 4.69) is 0 Å². The zero-order chi connectivity index (χ0) is 10.1. The van der Waals surface area contributed by atoms with Gasteiger partial charge in [0, 0.05) is 25.9 Å². The maximum Gasteiger partial charge on any atom is 0.407 e. The van der Waals surface area contributed by atoms with Gasteiger partial charge in [0.25, 0.3) is 0 Å². The number of rotatable bonds is 1. The summed E-state index contributed by atoms with van der Waals surface area (Å²) in [6.07, 6.45) is -1.17. The first kappa shape index (κ1) is 9.79. The van der Waals surface area contributed by atoms with Crippen molar-refractivity contribution in [3.05, 3.63) is 0 Å². The second kappa shape index (κ2) is 3.21. The standard InChI is InChI=1S/C7H11NO5/c9-5(10)7(13)1-3-8(4-2-7)6(11)12/h13H,1-4H2,(H,9,10)(H,11,12). The van der Waals surface area contributed by atoms with Crippen molar-refractivity contribution in [1.82, 2.24) is 4.90 Å². The van der Waals surface area contributed by atoms with E-state index in [1.54, 1.807) is 0 Å². The third-order valence-corrected chi connectivity index (χ3v) is 2.26. The van der Waals surface area contributed by atoms with Crippen molar-refractivity contribution in [3.63, 3.8) is 0 Å². The summed E-state index contributed by atoms with van der Waals surface area (Å²) >= 11 is 0. The molecule has 0 saturated carbocycles. The van der Waals surface area contributed by atoms with Crippen LogP contribution in [0.5, 0.6) is 0 Å². The molecule has 0 atom stereocenters. The number of carboxylic acid groups (broad SMARTS) is 2. The molecular formula is C7H11NO5. The largest absolute Gasteiger partial charge is 0.479 e. The van der Waals surface area contributed by atoms with Gasteiger partial charge in [0.15, 0.2) is 5.60 Å². The lowest BCUT2D eigenvalue weighted by atomic mass is 9.92. The minimum absolute atomic E-state index is 0.0470. The van der Waals surface area contributed by atoms with Gasteiger partial charge >= 0.3 is 12.1 Å². The lowest BCUT2D eigenvalue weighted by Crippen LogP contribution is -2.50. The maximum atomic E-state index is 10.5. The molecule has 0 bridgehead atoms. The third kappa shape index (κ3) is 1.89. The average Bonchev–Trinajstić information content (AvgIpc) is 2.04. The molecule has 0 aromatic rings. The highest BCUT2D eigenvalue weighted by molar-refractivity contribution is 5.77. The second-order valence-corrected chi connectivity index (χ2v) is 3.11. The SMILES string of the molecule is O=C(O)N1CCC(O)(C(=O)O)CC1. The first-order chi connectivity index (χ1) is 5.96. The Morgan fingerprint density at radius 2 is 1.62 bits per heavy atom. The highest BCUT2D eigenvalue weighted by Gasteiger charge is 2.40. The number of likely N-dealkylation sites (tertiary alicyclic amines) is 1. The molecule has 1 aliphatic rings. The van der Waals surface area contributed by atoms with Crippen molar-refractivity contribution in [1.29, 1.82) is 0 Å². The summed E-state index contributed by atoms with van der Waals surface area (Å²) in [7, 11) is 0. The van der Waals surface area contributed by atoms with Crippen molar-refractivity contribution in [2.24, 2.45) is 0 Å². The quantitative estimate of drug-likeness (QED) is 0.520. The molecule has 1 rings (SSSR count). The van der Waals surface area contributed by atoms with Gasteiger partial charge in [0.05, 0.1) is 0 Å². The number of piperidine rings is 1. The first-order valence-corrected chi connectivity index (χ1v) is 3.89. The van der Waals surface area contributed by atoms with E-state index in [-0.39, 0.29) is 25.9 Å². The Hall–Kier alpha value is -1.30. The van der Waals surface area contributed by atoms with Gasteiger partial charge in [-0.2, -0.15) is 0 Å². The predicted octanol–water partition coefficient (Wildman–Crippen LogP) is -0.424. The van der Waals surface area contributed by atoms with Gasteiger partial charge in [-0.3, -0.25) is 0 Å². The molecule has 0 aromatic heterocycles. The molecule has 74 valence electrons. The number of hydrogen-bond donors (Lipinski definition) is 3. The number of nitrogens with zero attached hydrogens (tertiary/aromatic N) is 1. The Labute approximate surface area is 74.4 Å². The number of amides is 1. The minimum atomic E-state index is -1.74. The van der Waals surface area contributed by atoms with Crippen LogP contribution in [0.3, 0.4) is 0 Å². The van der Waals surface area contributed by atoms with Crippen LogP contribution in [0, 0.1) is 0 Å². The van der Waals surface area contributed by atoms with E-state index in [0.717, 1.165) is 4.90 Å². The fraction of sp³-hybridized carbons (Fsp3) is 0.714. The molecule has 6 nitrogen and oxygen atoms in total. The molecule has 0 unspecified atom stereocenters. The summed E-state index contributed by atoms with van der Waals surface area (Å²) in [4.78, 5) is 22.1. The van der Waals surface area contributed by atoms with E-state index in [1.165, 1.54) is 0 Å². The Bertz CT molecular complexity index is 231. The van der Waals surface area contributed by atoms with Crippen LogP contribution in [-0.2, 0) is 4.79 Å². The van der Waals surface area contributed by atoms with Gasteiger partial charge in [0.2, 0.25) is 0 Å². The topological polar surface area (TPSA) is 98.1 Å². The Morgan fingerprint density at radius 1 is 1.15 bits per heavy atom. The summed E-state index contributed by atoms with van der Waals surface area (Å²) in [6, 6.07) is 0. The molecule has 13 heavy (non-hydrogen) atoms. The first-order valence-electron chi connectivity index (χ1n) is 3.89. The van der Waals surface area contributed by atoms with Crippen LogP contribution in [0.1, 0.15) is 12.8 Å². The predicted molar refractivity (Wildman–Crippen MR) is 41.4 cm³/mol. The van der Waals surface area contributed by atoms with Crippen LogP contribution in [-0.4, -0.2) is 51.0 Å². The molecule has 1 heterocycles. The summed E-state index contributed by atoms with van der Waals surface area (Å²) in [5.41, 5.74) is -1.74. The summed E-state index contributed by atoms with van der Waals surface area (Å²) in [6.45, 7) is 0.135. The molecule has 0 radical (unpaired) electrons. The summed E-state index contributed by atoms with van der Waals surface area (Å²) in [5.74, 6) is -1.28. The van der Waals surface area contributed by atoms with E-state index in [1.807, 2.05) is 0 Å². The smallest absolute Gasteiger partial charge is 0.407 e. The van der Waals surface area contributed by atoms with Gasteiger partial charge in [0.1, 0.15) is 0 Å². The number of hydrogen-bond acceptors (Lipinski definition) is 3. The molecule has 6 heteroatoms. The number of aliphatic hydroxyl groups is 1. The molecule has 1 saturated heterocycles. The van der Waals surface area contributed by atoms with Crippen LogP contribution in [0.15, 0.2) is 0 Å². The lowest BCUT2D eigenvalue weighted by Gasteiger charge is -2.33. The zero-order valence-electron chi connectivity index (χ0n) is 6.93. The lowest BCUT2D eigenvalue weighted by molar-refractivity contribution is -0.162. The Morgan fingerprint density at radius 3 is 1.92 bits per heavy atom. The number of aliphatic carboxylic acids is 1. The number of carbonyl (C=O) groups is 2. The van der Waals surface area contributed by atoms with Gasteiger partial charge < -0.3 is 20.2 Å². The maximum absolute atomic E-state index is 10.5. The normalized spacial score (nSPS) is 21.2. The Kier molecular flexibility index (Phi) is 2.42. The monoisotopic (exact) mass is 189 g/mol. The molecule has 1 aliphatic heterocycles. The van der Waals surface area contributed by atoms with Crippen LogP contribution >= 0.6 is 0 Å². The van der Waals surface area contributed by atoms with Gasteiger partial charge in [-0.05, 0) is 0 Å². The Balaban J connectivity index is 2.56. The van der Waals surface area contributed by atoms with E-state index >= 15 is 0 Å². The average molecular weight is 189 g/mol. The minimum Gasteiger partial charge on any atom is -0.479 e. The van der Waals surface area contributed by atoms with Crippen LogP contribution in [0.4, 0.5) is 4.79 Å². The van der Waals surface area contributed by atoms with E-state index < -0.39 is 17.7 Å². The molecule has 1 amide bonds. The van der Waals surface area contributed by atoms with Crippen molar-refractivity contribution in [2.45, 2.75) is 18.4 Å². The summed E-state index contributed by atoms with van der Waals surface area (Å²) in [5, 5.41) is 26.6. The molecular weight excluding hydrogens is 178 g/mol. The zero-order valence-corrected chi connectivity index (χ0v) is 6.93. The molecule has 0 spiro atoms. The fourth-order valence-corrected chi connectivity index (χ4v) is 1.28.